The lowest BCUT2D eigenvalue weighted by Crippen LogP contribution is -2.52. The van der Waals surface area contributed by atoms with Gasteiger partial charge in [0.15, 0.2) is 0 Å². The topological polar surface area (TPSA) is 12.0 Å². The van der Waals surface area contributed by atoms with E-state index in [0.717, 1.165) is 11.9 Å². The molecule has 0 radical (unpaired) electrons. The van der Waals surface area contributed by atoms with Gasteiger partial charge in [0.1, 0.15) is 0 Å². The monoisotopic (exact) mass is 215 g/mol. The fourth-order valence-corrected chi connectivity index (χ4v) is 3.39. The molecule has 1 nitrogen and oxygen atoms in total. The molecule has 2 rings (SSSR count). The van der Waals surface area contributed by atoms with Crippen LogP contribution in [0.3, 0.4) is 0 Å². The summed E-state index contributed by atoms with van der Waals surface area (Å²) in [7, 11) is 0. The van der Waals surface area contributed by atoms with Gasteiger partial charge in [-0.2, -0.15) is 0 Å². The quantitative estimate of drug-likeness (QED) is 0.712. The van der Waals surface area contributed by atoms with Gasteiger partial charge in [0.25, 0.3) is 0 Å². The third kappa shape index (κ3) is 2.43. The van der Waals surface area contributed by atoms with Gasteiger partial charge in [0.05, 0.1) is 0 Å². The summed E-state index contributed by atoms with van der Waals surface area (Å²) < 4.78 is 0. The van der Waals surface area contributed by atoms with Gasteiger partial charge in [-0.1, -0.05) is 32.1 Å². The summed E-state index contributed by atoms with van der Waals surface area (Å²) in [5, 5.41) is 3.85. The van der Waals surface area contributed by atoms with Gasteiger partial charge in [-0.15, -0.1) is 11.6 Å². The second kappa shape index (κ2) is 4.85. The Bertz CT molecular complexity index is 169. The Kier molecular flexibility index (Phi) is 3.73. The van der Waals surface area contributed by atoms with Crippen LogP contribution in [0.2, 0.25) is 0 Å². The molecule has 0 amide bonds. The minimum atomic E-state index is 0.300. The molecule has 0 spiro atoms. The van der Waals surface area contributed by atoms with Gasteiger partial charge in [0, 0.05) is 17.5 Å². The Morgan fingerprint density at radius 1 is 1.00 bits per heavy atom. The van der Waals surface area contributed by atoms with Gasteiger partial charge in [-0.3, -0.25) is 0 Å². The third-order valence-corrected chi connectivity index (χ3v) is 4.44. The smallest absolute Gasteiger partial charge is 0.0406 e. The first-order valence-corrected chi connectivity index (χ1v) is 6.72. The molecule has 0 bridgehead atoms. The van der Waals surface area contributed by atoms with Gasteiger partial charge >= 0.3 is 0 Å². The summed E-state index contributed by atoms with van der Waals surface area (Å²) in [4.78, 5) is 0. The second-order valence-corrected chi connectivity index (χ2v) is 5.37. The third-order valence-electron chi connectivity index (χ3n) is 3.93. The van der Waals surface area contributed by atoms with Crippen LogP contribution in [0, 0.1) is 0 Å². The maximum atomic E-state index is 6.15. The highest BCUT2D eigenvalue weighted by Crippen LogP contribution is 2.31. The summed E-state index contributed by atoms with van der Waals surface area (Å²) in [6.07, 6.45) is 12.3. The van der Waals surface area contributed by atoms with E-state index in [1.54, 1.807) is 0 Å². The summed E-state index contributed by atoms with van der Waals surface area (Å²) in [5.41, 5.74) is 0.300. The van der Waals surface area contributed by atoms with Crippen molar-refractivity contribution < 1.29 is 0 Å². The molecule has 0 aromatic heterocycles. The first kappa shape index (κ1) is 10.8. The van der Waals surface area contributed by atoms with E-state index in [2.05, 4.69) is 5.32 Å². The van der Waals surface area contributed by atoms with Crippen LogP contribution in [0.5, 0.6) is 0 Å². The Morgan fingerprint density at radius 3 is 2.21 bits per heavy atom. The standard InChI is InChI=1S/C12H22ClN/c13-10-12(8-4-1-5-9-12)14-11-6-2-3-7-11/h11,14H,1-10H2. The van der Waals surface area contributed by atoms with E-state index in [4.69, 9.17) is 11.6 Å². The highest BCUT2D eigenvalue weighted by Gasteiger charge is 2.33. The highest BCUT2D eigenvalue weighted by atomic mass is 35.5. The molecule has 14 heavy (non-hydrogen) atoms. The Balaban J connectivity index is 1.89. The molecule has 2 fully saturated rings. The zero-order valence-electron chi connectivity index (χ0n) is 9.03. The molecular formula is C12H22ClN. The van der Waals surface area contributed by atoms with Gasteiger partial charge < -0.3 is 5.32 Å². The molecule has 0 unspecified atom stereocenters. The summed E-state index contributed by atoms with van der Waals surface area (Å²) in [6, 6.07) is 0.770. The van der Waals surface area contributed by atoms with Crippen molar-refractivity contribution in [3.63, 3.8) is 0 Å². The van der Waals surface area contributed by atoms with Crippen molar-refractivity contribution in [3.05, 3.63) is 0 Å². The number of halogens is 1. The van der Waals surface area contributed by atoms with Crippen LogP contribution in [0.15, 0.2) is 0 Å². The lowest BCUT2D eigenvalue weighted by molar-refractivity contribution is 0.232. The molecule has 2 heteroatoms. The van der Waals surface area contributed by atoms with Crippen molar-refractivity contribution in [2.45, 2.75) is 69.4 Å². The van der Waals surface area contributed by atoms with Crippen molar-refractivity contribution in [3.8, 4) is 0 Å². The number of hydrogen-bond acceptors (Lipinski definition) is 1. The molecule has 0 saturated heterocycles. The first-order chi connectivity index (χ1) is 6.85. The molecule has 0 aromatic rings. The Morgan fingerprint density at radius 2 is 1.64 bits per heavy atom. The number of nitrogens with one attached hydrogen (secondary N) is 1. The molecule has 2 saturated carbocycles. The average molecular weight is 216 g/mol. The fourth-order valence-electron chi connectivity index (χ4n) is 3.05. The van der Waals surface area contributed by atoms with Crippen molar-refractivity contribution in [1.29, 1.82) is 0 Å². The normalized spacial score (nSPS) is 28.1. The van der Waals surface area contributed by atoms with E-state index in [1.165, 1.54) is 57.8 Å². The van der Waals surface area contributed by atoms with E-state index in [0.29, 0.717) is 5.54 Å². The SMILES string of the molecule is ClCC1(NC2CCCC2)CCCCC1. The molecule has 0 heterocycles. The van der Waals surface area contributed by atoms with E-state index in [-0.39, 0.29) is 0 Å². The minimum absolute atomic E-state index is 0.300. The average Bonchev–Trinajstić information content (AvgIpc) is 2.72. The summed E-state index contributed by atoms with van der Waals surface area (Å²) in [6.45, 7) is 0. The number of alkyl halides is 1. The van der Waals surface area contributed by atoms with Gasteiger partial charge in [-0.25, -0.2) is 0 Å². The van der Waals surface area contributed by atoms with Gasteiger partial charge in [0.2, 0.25) is 0 Å². The molecule has 2 aliphatic carbocycles. The largest absolute Gasteiger partial charge is 0.307 e. The number of rotatable bonds is 3. The predicted octanol–water partition coefficient (Wildman–Crippen LogP) is 3.46. The van der Waals surface area contributed by atoms with Crippen LogP contribution in [0.1, 0.15) is 57.8 Å². The van der Waals surface area contributed by atoms with Crippen molar-refractivity contribution in [2.24, 2.45) is 0 Å². The number of hydrogen-bond donors (Lipinski definition) is 1. The minimum Gasteiger partial charge on any atom is -0.307 e. The molecular weight excluding hydrogens is 194 g/mol. The fraction of sp³-hybridized carbons (Fsp3) is 1.00. The molecule has 0 aliphatic heterocycles. The van der Waals surface area contributed by atoms with E-state index in [1.807, 2.05) is 0 Å². The summed E-state index contributed by atoms with van der Waals surface area (Å²) >= 11 is 6.15. The molecule has 1 N–H and O–H groups in total. The lowest BCUT2D eigenvalue weighted by atomic mass is 9.82. The second-order valence-electron chi connectivity index (χ2n) is 5.10. The van der Waals surface area contributed by atoms with E-state index in [9.17, 15) is 0 Å². The van der Waals surface area contributed by atoms with Crippen molar-refractivity contribution in [1.82, 2.24) is 5.32 Å². The van der Waals surface area contributed by atoms with Crippen molar-refractivity contribution >= 4 is 11.6 Å². The van der Waals surface area contributed by atoms with Crippen LogP contribution in [-0.4, -0.2) is 17.5 Å². The van der Waals surface area contributed by atoms with Crippen LogP contribution in [-0.2, 0) is 0 Å². The van der Waals surface area contributed by atoms with Crippen LogP contribution < -0.4 is 5.32 Å². The molecule has 82 valence electrons. The maximum Gasteiger partial charge on any atom is 0.0406 e. The van der Waals surface area contributed by atoms with E-state index < -0.39 is 0 Å². The predicted molar refractivity (Wildman–Crippen MR) is 61.9 cm³/mol. The van der Waals surface area contributed by atoms with Crippen LogP contribution >= 0.6 is 11.6 Å². The lowest BCUT2D eigenvalue weighted by Gasteiger charge is -2.39. The zero-order chi connectivity index (χ0) is 9.86. The summed E-state index contributed by atoms with van der Waals surface area (Å²) in [5.74, 6) is 0.809. The van der Waals surface area contributed by atoms with Crippen LogP contribution in [0.4, 0.5) is 0 Å². The van der Waals surface area contributed by atoms with E-state index >= 15 is 0 Å². The zero-order valence-corrected chi connectivity index (χ0v) is 9.78. The molecule has 0 aromatic carbocycles. The maximum absolute atomic E-state index is 6.15. The molecule has 2 aliphatic rings. The van der Waals surface area contributed by atoms with Crippen LogP contribution in [0.25, 0.3) is 0 Å². The van der Waals surface area contributed by atoms with Gasteiger partial charge in [-0.05, 0) is 25.7 Å². The Labute approximate surface area is 92.6 Å². The highest BCUT2D eigenvalue weighted by molar-refractivity contribution is 6.18. The van der Waals surface area contributed by atoms with Crippen molar-refractivity contribution in [2.75, 3.05) is 5.88 Å². The Hall–Kier alpha value is 0.250. The molecule has 0 atom stereocenters. The first-order valence-electron chi connectivity index (χ1n) is 6.18.